The largest absolute Gasteiger partial charge is 0.756 e. The van der Waals surface area contributed by atoms with E-state index < -0.39 is 64.4 Å². The van der Waals surface area contributed by atoms with Gasteiger partial charge >= 0.3 is 19.8 Å². The maximum Gasteiger partial charge on any atom is 0.471 e. The first kappa shape index (κ1) is 53.9. The number of carbonyl (C=O) groups excluding carboxylic acids is 3. The fraction of sp³-hybridized carbons (Fsp3) is 0.354. The van der Waals surface area contributed by atoms with Crippen LogP contribution in [0.3, 0.4) is 0 Å². The zero-order valence-electron chi connectivity index (χ0n) is 39.8. The molecular weight excluding hydrogens is 1010 g/mol. The average molecular weight is 1060 g/mol. The Labute approximate surface area is 420 Å². The third kappa shape index (κ3) is 10.6. The van der Waals surface area contributed by atoms with E-state index >= 15 is 0 Å². The van der Waals surface area contributed by atoms with Crippen LogP contribution in [0.25, 0.3) is 44.6 Å². The molecule has 2 aromatic carbocycles. The molecule has 26 heteroatoms. The second-order valence-electron chi connectivity index (χ2n) is 17.5. The molecule has 0 radical (unpaired) electrons. The molecule has 0 saturated heterocycles. The second kappa shape index (κ2) is 21.5. The quantitative estimate of drug-likeness (QED) is 0.0423. The van der Waals surface area contributed by atoms with E-state index in [2.05, 4.69) is 9.05 Å². The summed E-state index contributed by atoms with van der Waals surface area (Å²) < 4.78 is 55.3. The number of aromatic nitrogens is 4. The van der Waals surface area contributed by atoms with Crippen molar-refractivity contribution in [1.29, 1.82) is 0 Å². The van der Waals surface area contributed by atoms with Crippen LogP contribution in [0.15, 0.2) is 82.4 Å². The zero-order chi connectivity index (χ0) is 53.3. The van der Waals surface area contributed by atoms with Gasteiger partial charge < -0.3 is 69.0 Å². The molecule has 4 atom stereocenters. The van der Waals surface area contributed by atoms with Gasteiger partial charge in [0.15, 0.2) is 24.8 Å². The number of benzene rings is 2. The number of nitrogens with zero attached hydrogens (tertiary/aromatic N) is 4. The monoisotopic (exact) mass is 1060 g/mol. The molecule has 7 N–H and O–H groups in total. The third-order valence-electron chi connectivity index (χ3n) is 13.1. The molecule has 0 saturated carbocycles. The molecule has 4 aliphatic heterocycles. The summed E-state index contributed by atoms with van der Waals surface area (Å²) in [6.07, 6.45) is 2.13. The first-order valence-electron chi connectivity index (χ1n) is 23.1. The number of para-hydroxylation sites is 2. The molecule has 4 aromatic heterocycles. The highest BCUT2D eigenvalue weighted by Gasteiger charge is 2.50. The number of hydrogen-bond donors (Lipinski definition) is 5. The number of unbranched alkanes of at least 4 members (excludes halogenated alkanes) is 1. The molecule has 0 amide bonds. The summed E-state index contributed by atoms with van der Waals surface area (Å²) in [5.41, 5.74) is 12.9. The Morgan fingerprint density at radius 2 is 1.19 bits per heavy atom. The highest BCUT2D eigenvalue weighted by atomic mass is 31.2. The van der Waals surface area contributed by atoms with E-state index in [1.54, 1.807) is 35.1 Å². The van der Waals surface area contributed by atoms with Crippen molar-refractivity contribution in [2.75, 3.05) is 20.1 Å². The summed E-state index contributed by atoms with van der Waals surface area (Å²) in [6.45, 7) is 2.31. The number of aliphatic carboxylic acids is 1. The van der Waals surface area contributed by atoms with E-state index in [9.17, 15) is 43.1 Å². The predicted octanol–water partition coefficient (Wildman–Crippen LogP) is 1.90. The van der Waals surface area contributed by atoms with Crippen LogP contribution in [-0.2, 0) is 89.0 Å². The fourth-order valence-electron chi connectivity index (χ4n) is 9.32. The summed E-state index contributed by atoms with van der Waals surface area (Å²) >= 11 is 0. The van der Waals surface area contributed by atoms with Gasteiger partial charge in [-0.2, -0.15) is 0 Å². The lowest BCUT2D eigenvalue weighted by molar-refractivity contribution is -0.307. The Morgan fingerprint density at radius 1 is 0.743 bits per heavy atom. The number of carboxylic acids is 1. The van der Waals surface area contributed by atoms with Crippen LogP contribution in [0.1, 0.15) is 79.3 Å². The number of carboxylic acid groups (broad SMARTS) is 1. The van der Waals surface area contributed by atoms with Crippen LogP contribution in [-0.4, -0.2) is 77.9 Å². The number of ether oxygens (including phenoxy) is 4. The first-order valence-corrected chi connectivity index (χ1v) is 26.2. The summed E-state index contributed by atoms with van der Waals surface area (Å²) in [4.78, 5) is 109. The summed E-state index contributed by atoms with van der Waals surface area (Å²) in [7, 11) is -9.89. The van der Waals surface area contributed by atoms with Gasteiger partial charge in [-0.3, -0.25) is 23.2 Å². The predicted molar refractivity (Wildman–Crippen MR) is 256 cm³/mol. The normalized spacial score (nSPS) is 19.2. The van der Waals surface area contributed by atoms with Crippen molar-refractivity contribution in [1.82, 2.24) is 19.1 Å². The van der Waals surface area contributed by atoms with Gasteiger partial charge in [-0.25, -0.2) is 24.1 Å². The Morgan fingerprint density at radius 3 is 1.59 bits per heavy atom. The van der Waals surface area contributed by atoms with Crippen molar-refractivity contribution in [3.8, 4) is 22.8 Å². The van der Waals surface area contributed by atoms with E-state index in [4.69, 9.17) is 55.1 Å². The molecule has 0 fully saturated rings. The van der Waals surface area contributed by atoms with Crippen LogP contribution in [0.4, 0.5) is 0 Å². The van der Waals surface area contributed by atoms with Gasteiger partial charge in [0.2, 0.25) is 0 Å². The number of nitrogens with two attached hydrogens (primary N) is 2. The minimum Gasteiger partial charge on any atom is -0.756 e. The molecule has 24 nitrogen and oxygen atoms in total. The van der Waals surface area contributed by atoms with Crippen LogP contribution < -0.4 is 32.6 Å². The van der Waals surface area contributed by atoms with Crippen molar-refractivity contribution >= 4 is 55.4 Å². The van der Waals surface area contributed by atoms with Crippen LogP contribution in [0.5, 0.6) is 0 Å². The molecule has 10 rings (SSSR count). The van der Waals surface area contributed by atoms with Crippen molar-refractivity contribution in [2.45, 2.75) is 89.5 Å². The smallest absolute Gasteiger partial charge is 0.471 e. The van der Waals surface area contributed by atoms with E-state index in [0.717, 1.165) is 45.8 Å². The molecule has 0 aliphatic carbocycles. The number of fused-ring (bicyclic) bond motifs is 10. The molecular formula is C48H50N6O18P2-2. The number of rotatable bonds is 15. The SMILES string of the molecule is CC[C@@]1(OCOP(=O)(O)O)C(=O)OCc2c1cc1n(c2=O)Cc2cc3ccccc3nc2-1.CC[C@@]1(OCOP(=O)([O-])O)C(=O)OCc2c1cc1n(c2=O)Cc2cc3ccccc3nc2-1.NCCCCC(N)C(=O)[O-]. The lowest BCUT2D eigenvalue weighted by Crippen LogP contribution is -2.46. The maximum absolute atomic E-state index is 13.3. The minimum atomic E-state index is -5.07. The maximum atomic E-state index is 13.3. The number of phosphoric acid groups is 2. The second-order valence-corrected chi connectivity index (χ2v) is 19.9. The van der Waals surface area contributed by atoms with E-state index in [-0.39, 0.29) is 53.9 Å². The Bertz CT molecular complexity index is 3220. The highest BCUT2D eigenvalue weighted by molar-refractivity contribution is 7.46. The summed E-state index contributed by atoms with van der Waals surface area (Å²) in [5.74, 6) is -2.71. The van der Waals surface area contributed by atoms with Crippen molar-refractivity contribution < 1.29 is 76.2 Å². The number of hydrogen-bond acceptors (Lipinski definition) is 19. The van der Waals surface area contributed by atoms with Gasteiger partial charge in [0, 0.05) is 39.1 Å². The number of esters is 2. The summed E-state index contributed by atoms with van der Waals surface area (Å²) in [5, 5.41) is 11.9. The third-order valence-corrected chi connectivity index (χ3v) is 14.0. The number of carbonyl (C=O) groups is 3. The van der Waals surface area contributed by atoms with Crippen LogP contribution in [0.2, 0.25) is 0 Å². The molecule has 8 heterocycles. The minimum absolute atomic E-state index is 0.0394. The van der Waals surface area contributed by atoms with Gasteiger partial charge in [-0.15, -0.1) is 0 Å². The van der Waals surface area contributed by atoms with Crippen molar-refractivity contribution in [3.63, 3.8) is 0 Å². The highest BCUT2D eigenvalue weighted by Crippen LogP contribution is 2.44. The van der Waals surface area contributed by atoms with Crippen LogP contribution >= 0.6 is 15.6 Å². The first-order chi connectivity index (χ1) is 35.1. The Hall–Kier alpha value is -6.37. The van der Waals surface area contributed by atoms with Crippen LogP contribution in [0, 0.1) is 0 Å². The topological polar surface area (TPSA) is 369 Å². The lowest BCUT2D eigenvalue weighted by Gasteiger charge is -2.36. The average Bonchev–Trinajstić information content (AvgIpc) is 3.91. The van der Waals surface area contributed by atoms with Gasteiger partial charge in [0.1, 0.15) is 13.2 Å². The van der Waals surface area contributed by atoms with Crippen molar-refractivity contribution in [2.24, 2.45) is 11.5 Å². The van der Waals surface area contributed by atoms with Crippen molar-refractivity contribution in [3.05, 3.63) is 127 Å². The molecule has 392 valence electrons. The molecule has 74 heavy (non-hydrogen) atoms. The van der Waals surface area contributed by atoms with Gasteiger partial charge in [0.05, 0.1) is 64.0 Å². The molecule has 4 aliphatic rings. The Balaban J connectivity index is 0.000000167. The Kier molecular flexibility index (Phi) is 15.6. The van der Waals surface area contributed by atoms with E-state index in [0.29, 0.717) is 54.4 Å². The molecule has 0 spiro atoms. The van der Waals surface area contributed by atoms with E-state index in [1.165, 1.54) is 0 Å². The number of pyridine rings is 4. The number of phosphoric ester groups is 2. The summed E-state index contributed by atoms with van der Waals surface area (Å²) in [6, 6.07) is 21.7. The van der Waals surface area contributed by atoms with Gasteiger partial charge in [0.25, 0.3) is 18.9 Å². The standard InChI is InChI=1S/2C21H19N2O8P.C6H14N2O2/c2*1-2-21(30-11-31-32(26,27)28)15-8-17-18-13(7-12-5-3-4-6-16(12)22-18)9-23(17)19(24)14(15)10-29-20(21)25;7-4-2-1-3-5(8)6(9)10/h2*3-8H,2,9-11H2,1H3,(H2,26,27,28);5H,1-4,7-8H2,(H,9,10)/p-2/t2*21-;/m00./s1. The number of cyclic esters (lactones) is 2. The van der Waals surface area contributed by atoms with Gasteiger partial charge in [-0.05, 0) is 68.6 Å². The zero-order valence-corrected chi connectivity index (χ0v) is 41.6. The molecule has 6 aromatic rings. The lowest BCUT2D eigenvalue weighted by atomic mass is 9.85. The molecule has 2 unspecified atom stereocenters. The van der Waals surface area contributed by atoms with E-state index in [1.807, 2.05) is 60.7 Å². The fourth-order valence-corrected chi connectivity index (χ4v) is 9.70. The van der Waals surface area contributed by atoms with Gasteiger partial charge in [-0.1, -0.05) is 56.7 Å². The molecule has 0 bridgehead atoms.